The van der Waals surface area contributed by atoms with E-state index < -0.39 is 0 Å². The van der Waals surface area contributed by atoms with Gasteiger partial charge in [-0.05, 0) is 36.4 Å². The lowest BCUT2D eigenvalue weighted by molar-refractivity contribution is -0.119. The number of hydrogen-bond acceptors (Lipinski definition) is 5. The molecule has 1 amide bonds. The van der Waals surface area contributed by atoms with E-state index in [1.807, 2.05) is 49.6 Å². The van der Waals surface area contributed by atoms with E-state index in [9.17, 15) is 9.59 Å². The van der Waals surface area contributed by atoms with Gasteiger partial charge in [0, 0.05) is 6.54 Å². The number of benzene rings is 1. The van der Waals surface area contributed by atoms with Crippen LogP contribution in [0.25, 0.3) is 10.2 Å². The fourth-order valence-corrected chi connectivity index (χ4v) is 4.49. The number of fused-ring (bicyclic) bond motifs is 1. The monoisotopic (exact) mass is 399 g/mol. The zero-order chi connectivity index (χ0) is 19.4. The first kappa shape index (κ1) is 19.4. The number of aromatic nitrogens is 2. The Labute approximate surface area is 166 Å². The van der Waals surface area contributed by atoms with Gasteiger partial charge >= 0.3 is 0 Å². The molecule has 0 saturated carbocycles. The van der Waals surface area contributed by atoms with Crippen LogP contribution in [0.1, 0.15) is 24.1 Å². The average Bonchev–Trinajstić information content (AvgIpc) is 3.11. The topological polar surface area (TPSA) is 64.0 Å². The summed E-state index contributed by atoms with van der Waals surface area (Å²) in [7, 11) is 0. The minimum Gasteiger partial charge on any atom is -0.349 e. The summed E-state index contributed by atoms with van der Waals surface area (Å²) in [5.74, 6) is 0.0932. The smallest absolute Gasteiger partial charge is 0.272 e. The quantitative estimate of drug-likeness (QED) is 0.372. The Hall–Kier alpha value is -2.38. The molecule has 3 aromatic rings. The number of carbonyl (C=O) groups excluding carboxylic acids is 1. The van der Waals surface area contributed by atoms with Crippen LogP contribution in [0, 0.1) is 6.92 Å². The number of thioether (sulfide) groups is 1. The number of carbonyl (C=O) groups is 1. The number of rotatable bonds is 7. The first-order valence-corrected chi connectivity index (χ1v) is 10.4. The third-order valence-electron chi connectivity index (χ3n) is 4.21. The molecule has 0 bridgehead atoms. The fraction of sp³-hybridized carbons (Fsp3) is 0.250. The molecule has 0 radical (unpaired) electrons. The van der Waals surface area contributed by atoms with Gasteiger partial charge < -0.3 is 5.32 Å². The number of nitrogens with zero attached hydrogens (tertiary/aromatic N) is 2. The van der Waals surface area contributed by atoms with E-state index in [-0.39, 0.29) is 23.3 Å². The maximum atomic E-state index is 12.6. The lowest BCUT2D eigenvalue weighted by Crippen LogP contribution is -2.29. The van der Waals surface area contributed by atoms with Crippen molar-refractivity contribution in [3.8, 4) is 0 Å². The van der Waals surface area contributed by atoms with Gasteiger partial charge in [0.1, 0.15) is 4.70 Å². The summed E-state index contributed by atoms with van der Waals surface area (Å²) in [5, 5.41) is 5.39. The molecule has 2 heterocycles. The van der Waals surface area contributed by atoms with Gasteiger partial charge in [-0.3, -0.25) is 14.2 Å². The molecule has 27 heavy (non-hydrogen) atoms. The summed E-state index contributed by atoms with van der Waals surface area (Å²) in [4.78, 5) is 29.6. The highest BCUT2D eigenvalue weighted by atomic mass is 32.2. The molecule has 5 nitrogen and oxygen atoms in total. The second-order valence-electron chi connectivity index (χ2n) is 6.17. The Balaban J connectivity index is 1.73. The Morgan fingerprint density at radius 3 is 2.93 bits per heavy atom. The number of hydrogen-bond donors (Lipinski definition) is 1. The lowest BCUT2D eigenvalue weighted by Gasteiger charge is -2.16. The lowest BCUT2D eigenvalue weighted by atomic mass is 10.0. The first-order valence-electron chi connectivity index (χ1n) is 8.58. The summed E-state index contributed by atoms with van der Waals surface area (Å²) in [6, 6.07) is 9.73. The zero-order valence-electron chi connectivity index (χ0n) is 15.3. The van der Waals surface area contributed by atoms with Gasteiger partial charge in [0.15, 0.2) is 5.16 Å². The predicted molar refractivity (Wildman–Crippen MR) is 113 cm³/mol. The van der Waals surface area contributed by atoms with Crippen LogP contribution in [0.15, 0.2) is 58.3 Å². The number of thiophene rings is 1. The molecule has 0 aliphatic heterocycles. The van der Waals surface area contributed by atoms with Crippen LogP contribution in [-0.2, 0) is 11.3 Å². The van der Waals surface area contributed by atoms with Crippen molar-refractivity contribution in [3.05, 3.63) is 69.8 Å². The van der Waals surface area contributed by atoms with Crippen LogP contribution in [0.2, 0.25) is 0 Å². The van der Waals surface area contributed by atoms with Crippen molar-refractivity contribution in [1.29, 1.82) is 0 Å². The third-order valence-corrected chi connectivity index (χ3v) is 6.08. The first-order chi connectivity index (χ1) is 13.0. The van der Waals surface area contributed by atoms with Crippen LogP contribution in [0.3, 0.4) is 0 Å². The zero-order valence-corrected chi connectivity index (χ0v) is 16.9. The summed E-state index contributed by atoms with van der Waals surface area (Å²) in [5.41, 5.74) is 2.81. The molecule has 0 spiro atoms. The highest BCUT2D eigenvalue weighted by Gasteiger charge is 2.15. The molecular weight excluding hydrogens is 378 g/mol. The molecule has 1 atom stereocenters. The molecule has 0 aliphatic rings. The van der Waals surface area contributed by atoms with E-state index in [0.717, 1.165) is 11.1 Å². The minimum absolute atomic E-state index is 0.0815. The molecular formula is C20H21N3O2S2. The molecule has 1 aromatic carbocycles. The third kappa shape index (κ3) is 4.31. The highest BCUT2D eigenvalue weighted by molar-refractivity contribution is 7.99. The number of allylic oxidation sites excluding steroid dienone is 1. The molecule has 0 unspecified atom stereocenters. The average molecular weight is 400 g/mol. The number of nitrogens with one attached hydrogen (secondary N) is 1. The number of amides is 1. The molecule has 0 fully saturated rings. The summed E-state index contributed by atoms with van der Waals surface area (Å²) < 4.78 is 2.19. The summed E-state index contributed by atoms with van der Waals surface area (Å²) >= 11 is 2.64. The van der Waals surface area contributed by atoms with E-state index in [1.54, 1.807) is 10.6 Å². The maximum Gasteiger partial charge on any atom is 0.272 e. The molecule has 0 saturated heterocycles. The van der Waals surface area contributed by atoms with Crippen molar-refractivity contribution >= 4 is 39.2 Å². The van der Waals surface area contributed by atoms with Gasteiger partial charge in [0.25, 0.3) is 5.56 Å². The van der Waals surface area contributed by atoms with Crippen LogP contribution < -0.4 is 10.9 Å². The maximum absolute atomic E-state index is 12.6. The van der Waals surface area contributed by atoms with Gasteiger partial charge in [-0.1, -0.05) is 42.1 Å². The van der Waals surface area contributed by atoms with E-state index in [4.69, 9.17) is 0 Å². The Morgan fingerprint density at radius 2 is 2.19 bits per heavy atom. The Morgan fingerprint density at radius 1 is 1.41 bits per heavy atom. The highest BCUT2D eigenvalue weighted by Crippen LogP contribution is 2.22. The minimum atomic E-state index is -0.0967. The molecule has 7 heteroatoms. The van der Waals surface area contributed by atoms with Crippen molar-refractivity contribution in [2.24, 2.45) is 0 Å². The standard InChI is InChI=1S/C20H21N3O2S2/c1-4-10-23-19(25)18-16(9-11-26-18)22-20(23)27-12-17(24)21-14(3)15-8-6-5-7-13(15)2/h4-9,11,14H,1,10,12H2,2-3H3,(H,21,24)/t14-/m0/s1. The van der Waals surface area contributed by atoms with Gasteiger partial charge in [-0.15, -0.1) is 17.9 Å². The Kier molecular flexibility index (Phi) is 6.13. The molecule has 2 aromatic heterocycles. The summed E-state index contributed by atoms with van der Waals surface area (Å²) in [6.45, 7) is 8.07. The van der Waals surface area contributed by atoms with E-state index >= 15 is 0 Å². The van der Waals surface area contributed by atoms with Crippen LogP contribution in [0.4, 0.5) is 0 Å². The number of aryl methyl sites for hydroxylation is 1. The summed E-state index contributed by atoms with van der Waals surface area (Å²) in [6.07, 6.45) is 1.66. The van der Waals surface area contributed by atoms with Crippen molar-refractivity contribution in [2.75, 3.05) is 5.75 Å². The van der Waals surface area contributed by atoms with Crippen molar-refractivity contribution in [3.63, 3.8) is 0 Å². The Bertz CT molecular complexity index is 1040. The fourth-order valence-electron chi connectivity index (χ4n) is 2.89. The van der Waals surface area contributed by atoms with Crippen molar-refractivity contribution in [2.45, 2.75) is 31.6 Å². The van der Waals surface area contributed by atoms with Crippen LogP contribution in [-0.4, -0.2) is 21.2 Å². The van der Waals surface area contributed by atoms with E-state index in [1.165, 1.54) is 23.1 Å². The molecule has 1 N–H and O–H groups in total. The van der Waals surface area contributed by atoms with Gasteiger partial charge in [-0.25, -0.2) is 4.98 Å². The predicted octanol–water partition coefficient (Wildman–Crippen LogP) is 3.92. The SMILES string of the molecule is C=CCn1c(SCC(=O)N[C@@H](C)c2ccccc2C)nc2ccsc2c1=O. The second kappa shape index (κ2) is 8.54. The normalized spacial score (nSPS) is 12.1. The van der Waals surface area contributed by atoms with Crippen LogP contribution >= 0.6 is 23.1 Å². The van der Waals surface area contributed by atoms with Gasteiger partial charge in [0.2, 0.25) is 5.91 Å². The van der Waals surface area contributed by atoms with E-state index in [2.05, 4.69) is 16.9 Å². The van der Waals surface area contributed by atoms with Gasteiger partial charge in [0.05, 0.1) is 17.3 Å². The molecule has 3 rings (SSSR count). The second-order valence-corrected chi connectivity index (χ2v) is 8.03. The largest absolute Gasteiger partial charge is 0.349 e. The van der Waals surface area contributed by atoms with Crippen molar-refractivity contribution in [1.82, 2.24) is 14.9 Å². The molecule has 0 aliphatic carbocycles. The molecule has 140 valence electrons. The van der Waals surface area contributed by atoms with Gasteiger partial charge in [-0.2, -0.15) is 0 Å². The van der Waals surface area contributed by atoms with Crippen LogP contribution in [0.5, 0.6) is 0 Å². The van der Waals surface area contributed by atoms with E-state index in [0.29, 0.717) is 21.9 Å². The van der Waals surface area contributed by atoms with Crippen molar-refractivity contribution < 1.29 is 4.79 Å².